The van der Waals surface area contributed by atoms with Crippen LogP contribution < -0.4 is 5.32 Å². The van der Waals surface area contributed by atoms with Gasteiger partial charge in [0.1, 0.15) is 23.3 Å². The summed E-state index contributed by atoms with van der Waals surface area (Å²) in [5.74, 6) is 0.530. The quantitative estimate of drug-likeness (QED) is 0.826. The largest absolute Gasteiger partial charge is 0.477 e. The predicted octanol–water partition coefficient (Wildman–Crippen LogP) is 1.16. The number of rotatable bonds is 2. The average Bonchev–Trinajstić information content (AvgIpc) is 2.94. The topological polar surface area (TPSA) is 93.2 Å². The molecule has 2 aromatic heterocycles. The zero-order valence-electron chi connectivity index (χ0n) is 9.49. The van der Waals surface area contributed by atoms with Crippen molar-refractivity contribution in [3.8, 4) is 0 Å². The molecule has 3 rings (SSSR count). The number of aryl methyl sites for hydroxylation is 1. The fourth-order valence-electron chi connectivity index (χ4n) is 1.89. The van der Waals surface area contributed by atoms with Crippen LogP contribution in [0.25, 0.3) is 0 Å². The van der Waals surface area contributed by atoms with E-state index in [1.165, 1.54) is 6.26 Å². The van der Waals surface area contributed by atoms with Gasteiger partial charge in [-0.25, -0.2) is 9.48 Å². The van der Waals surface area contributed by atoms with Crippen molar-refractivity contribution in [1.29, 1.82) is 0 Å². The van der Waals surface area contributed by atoms with Gasteiger partial charge in [0.25, 0.3) is 0 Å². The molecule has 1 unspecified atom stereocenters. The van der Waals surface area contributed by atoms with Gasteiger partial charge in [-0.15, -0.1) is 0 Å². The Morgan fingerprint density at radius 1 is 1.61 bits per heavy atom. The van der Waals surface area contributed by atoms with Gasteiger partial charge in [-0.05, 0) is 25.1 Å². The van der Waals surface area contributed by atoms with E-state index >= 15 is 0 Å². The molecule has 0 radical (unpaired) electrons. The number of aliphatic carboxylic acids is 1. The molecule has 7 nitrogen and oxygen atoms in total. The third-order valence-electron chi connectivity index (χ3n) is 2.64. The second-order valence-electron chi connectivity index (χ2n) is 3.90. The minimum atomic E-state index is -1.04. The van der Waals surface area contributed by atoms with E-state index in [0.717, 1.165) is 0 Å². The van der Waals surface area contributed by atoms with Gasteiger partial charge in [0, 0.05) is 0 Å². The number of furan rings is 1. The molecule has 0 amide bonds. The highest BCUT2D eigenvalue weighted by molar-refractivity contribution is 5.90. The lowest BCUT2D eigenvalue weighted by atomic mass is 10.1. The third-order valence-corrected chi connectivity index (χ3v) is 2.64. The molecule has 18 heavy (non-hydrogen) atoms. The number of nitrogens with one attached hydrogen (secondary N) is 1. The fourth-order valence-corrected chi connectivity index (χ4v) is 1.89. The molecule has 0 aliphatic carbocycles. The monoisotopic (exact) mass is 246 g/mol. The maximum Gasteiger partial charge on any atom is 0.352 e. The predicted molar refractivity (Wildman–Crippen MR) is 60.9 cm³/mol. The Morgan fingerprint density at radius 3 is 3.11 bits per heavy atom. The Hall–Kier alpha value is -2.57. The van der Waals surface area contributed by atoms with Gasteiger partial charge in [-0.2, -0.15) is 10.1 Å². The Kier molecular flexibility index (Phi) is 2.19. The Balaban J connectivity index is 2.12. The van der Waals surface area contributed by atoms with Crippen molar-refractivity contribution >= 4 is 11.9 Å². The van der Waals surface area contributed by atoms with Gasteiger partial charge in [0.2, 0.25) is 5.95 Å². The fraction of sp³-hybridized carbons (Fsp3) is 0.182. The molecule has 0 bridgehead atoms. The molecule has 1 aliphatic rings. The van der Waals surface area contributed by atoms with Crippen LogP contribution in [0.15, 0.2) is 34.6 Å². The number of hydrogen-bond donors (Lipinski definition) is 2. The minimum Gasteiger partial charge on any atom is -0.477 e. The summed E-state index contributed by atoms with van der Waals surface area (Å²) >= 11 is 0. The molecule has 0 saturated carbocycles. The first kappa shape index (κ1) is 10.6. The Labute approximate surface area is 102 Å². The molecule has 2 aromatic rings. The Bertz CT molecular complexity index is 627. The van der Waals surface area contributed by atoms with E-state index in [9.17, 15) is 4.79 Å². The summed E-state index contributed by atoms with van der Waals surface area (Å²) in [6, 6.07) is 3.12. The number of fused-ring (bicyclic) bond motifs is 1. The van der Waals surface area contributed by atoms with Crippen LogP contribution in [0.3, 0.4) is 0 Å². The molecule has 0 aromatic carbocycles. The van der Waals surface area contributed by atoms with Crippen LogP contribution in [-0.4, -0.2) is 25.8 Å². The van der Waals surface area contributed by atoms with Gasteiger partial charge < -0.3 is 14.8 Å². The van der Waals surface area contributed by atoms with Gasteiger partial charge in [0.15, 0.2) is 0 Å². The number of aromatic nitrogens is 3. The van der Waals surface area contributed by atoms with E-state index in [-0.39, 0.29) is 5.70 Å². The number of allylic oxidation sites excluding steroid dienone is 1. The first-order chi connectivity index (χ1) is 8.65. The lowest BCUT2D eigenvalue weighted by Gasteiger charge is -2.20. The van der Waals surface area contributed by atoms with Crippen LogP contribution in [0.5, 0.6) is 0 Å². The molecule has 0 saturated heterocycles. The molecule has 92 valence electrons. The van der Waals surface area contributed by atoms with Crippen molar-refractivity contribution in [2.75, 3.05) is 5.32 Å². The molecular weight excluding hydrogens is 236 g/mol. The van der Waals surface area contributed by atoms with Crippen LogP contribution in [0.2, 0.25) is 0 Å². The van der Waals surface area contributed by atoms with Crippen molar-refractivity contribution in [2.24, 2.45) is 0 Å². The van der Waals surface area contributed by atoms with E-state index in [4.69, 9.17) is 9.52 Å². The number of hydrogen-bond acceptors (Lipinski definition) is 5. The summed E-state index contributed by atoms with van der Waals surface area (Å²) in [6.07, 6.45) is 3.08. The highest BCUT2D eigenvalue weighted by atomic mass is 16.4. The lowest BCUT2D eigenvalue weighted by Crippen LogP contribution is -2.24. The smallest absolute Gasteiger partial charge is 0.352 e. The van der Waals surface area contributed by atoms with E-state index in [1.807, 2.05) is 0 Å². The number of anilines is 1. The average molecular weight is 246 g/mol. The summed E-state index contributed by atoms with van der Waals surface area (Å²) in [5.41, 5.74) is 0.0660. The first-order valence-corrected chi connectivity index (χ1v) is 5.34. The van der Waals surface area contributed by atoms with E-state index < -0.39 is 12.0 Å². The molecule has 2 N–H and O–H groups in total. The van der Waals surface area contributed by atoms with E-state index in [2.05, 4.69) is 15.4 Å². The zero-order chi connectivity index (χ0) is 12.7. The molecular formula is C11H10N4O3. The summed E-state index contributed by atoms with van der Waals surface area (Å²) < 4.78 is 6.91. The number of carbonyl (C=O) groups is 1. The maximum absolute atomic E-state index is 11.1. The van der Waals surface area contributed by atoms with E-state index in [0.29, 0.717) is 17.5 Å². The minimum absolute atomic E-state index is 0.0660. The van der Waals surface area contributed by atoms with Gasteiger partial charge >= 0.3 is 5.97 Å². The van der Waals surface area contributed by atoms with Gasteiger partial charge in [0.05, 0.1) is 6.26 Å². The molecule has 3 heterocycles. The molecule has 0 spiro atoms. The van der Waals surface area contributed by atoms with Crippen molar-refractivity contribution in [3.05, 3.63) is 41.8 Å². The summed E-state index contributed by atoms with van der Waals surface area (Å²) in [4.78, 5) is 15.2. The molecule has 1 atom stereocenters. The van der Waals surface area contributed by atoms with Crippen LogP contribution in [0, 0.1) is 6.92 Å². The second-order valence-corrected chi connectivity index (χ2v) is 3.90. The van der Waals surface area contributed by atoms with Gasteiger partial charge in [-0.1, -0.05) is 0 Å². The van der Waals surface area contributed by atoms with Crippen molar-refractivity contribution < 1.29 is 14.3 Å². The maximum atomic E-state index is 11.1. The van der Waals surface area contributed by atoms with E-state index in [1.54, 1.807) is 29.8 Å². The highest BCUT2D eigenvalue weighted by Gasteiger charge is 2.27. The third kappa shape index (κ3) is 1.56. The standard InChI is InChI=1S/C11H10N4O3/c1-6-12-11-13-7(10(16)17)5-8(15(11)14-6)9-3-2-4-18-9/h2-5,8H,1H3,(H,16,17)(H,12,13,14). The zero-order valence-corrected chi connectivity index (χ0v) is 9.49. The lowest BCUT2D eigenvalue weighted by molar-refractivity contribution is -0.132. The van der Waals surface area contributed by atoms with Crippen LogP contribution in [0.1, 0.15) is 17.6 Å². The van der Waals surface area contributed by atoms with Crippen LogP contribution >= 0.6 is 0 Å². The normalized spacial score (nSPS) is 17.8. The number of carboxylic acids is 1. The van der Waals surface area contributed by atoms with Crippen molar-refractivity contribution in [1.82, 2.24) is 14.8 Å². The molecule has 1 aliphatic heterocycles. The molecule has 7 heteroatoms. The number of carboxylic acid groups (broad SMARTS) is 1. The number of nitrogens with zero attached hydrogens (tertiary/aromatic N) is 3. The molecule has 0 fully saturated rings. The summed E-state index contributed by atoms with van der Waals surface area (Å²) in [6.45, 7) is 1.74. The van der Waals surface area contributed by atoms with Crippen molar-refractivity contribution in [2.45, 2.75) is 13.0 Å². The Morgan fingerprint density at radius 2 is 2.44 bits per heavy atom. The SMILES string of the molecule is Cc1nc2n(n1)C(c1ccco1)C=C(C(=O)O)N2. The summed E-state index contributed by atoms with van der Waals surface area (Å²) in [7, 11) is 0. The highest BCUT2D eigenvalue weighted by Crippen LogP contribution is 2.28. The first-order valence-electron chi connectivity index (χ1n) is 5.34. The van der Waals surface area contributed by atoms with Gasteiger partial charge in [-0.3, -0.25) is 0 Å². The summed E-state index contributed by atoms with van der Waals surface area (Å²) in [5, 5.41) is 16.0. The van der Waals surface area contributed by atoms with Crippen LogP contribution in [0.4, 0.5) is 5.95 Å². The van der Waals surface area contributed by atoms with Crippen LogP contribution in [-0.2, 0) is 4.79 Å². The second kappa shape index (κ2) is 3.73. The van der Waals surface area contributed by atoms with Crippen molar-refractivity contribution in [3.63, 3.8) is 0 Å².